The first kappa shape index (κ1) is 14.2. The minimum Gasteiger partial charge on any atom is -0.457 e. The molecule has 6 heteroatoms. The number of thiazole rings is 1. The minimum absolute atomic E-state index is 0.0750. The molecule has 0 bridgehead atoms. The highest BCUT2D eigenvalue weighted by Gasteiger charge is 2.11. The van der Waals surface area contributed by atoms with Crippen LogP contribution in [0.25, 0.3) is 16.6 Å². The van der Waals surface area contributed by atoms with Crippen LogP contribution in [0, 0.1) is 11.3 Å². The molecule has 0 aliphatic heterocycles. The molecule has 4 nitrogen and oxygen atoms in total. The van der Waals surface area contributed by atoms with Gasteiger partial charge in [-0.05, 0) is 17.5 Å². The number of nitrogens with zero attached hydrogens (tertiary/aromatic N) is 2. The monoisotopic (exact) mass is 302 g/mol. The van der Waals surface area contributed by atoms with Gasteiger partial charge in [0, 0.05) is 16.3 Å². The molecule has 2 aromatic heterocycles. The topological polar surface area (TPSA) is 63.0 Å². The Hall–Kier alpha value is -2.23. The van der Waals surface area contributed by atoms with Crippen LogP contribution in [0.1, 0.15) is 5.69 Å². The maximum absolute atomic E-state index is 11.6. The molecule has 0 aliphatic rings. The summed E-state index contributed by atoms with van der Waals surface area (Å²) in [6, 6.07) is 3.79. The van der Waals surface area contributed by atoms with Gasteiger partial charge in [0.15, 0.2) is 0 Å². The molecule has 0 saturated heterocycles. The zero-order valence-corrected chi connectivity index (χ0v) is 12.0. The van der Waals surface area contributed by atoms with Gasteiger partial charge in [0.25, 0.3) is 0 Å². The molecule has 0 aromatic carbocycles. The summed E-state index contributed by atoms with van der Waals surface area (Å²) in [7, 11) is 0. The molecular formula is C14H10N2O2S2. The number of aromatic nitrogens is 1. The predicted molar refractivity (Wildman–Crippen MR) is 80.2 cm³/mol. The van der Waals surface area contributed by atoms with Crippen LogP contribution in [-0.2, 0) is 9.53 Å². The van der Waals surface area contributed by atoms with E-state index in [1.165, 1.54) is 23.5 Å². The number of esters is 1. The summed E-state index contributed by atoms with van der Waals surface area (Å²) < 4.78 is 4.82. The quantitative estimate of drug-likeness (QED) is 0.367. The molecule has 2 rings (SSSR count). The van der Waals surface area contributed by atoms with Crippen molar-refractivity contribution in [2.75, 3.05) is 6.61 Å². The number of ether oxygens (including phenoxy) is 1. The van der Waals surface area contributed by atoms with Gasteiger partial charge in [-0.2, -0.15) is 16.6 Å². The number of carbonyl (C=O) groups is 1. The Morgan fingerprint density at radius 1 is 1.55 bits per heavy atom. The lowest BCUT2D eigenvalue weighted by Gasteiger charge is -1.98. The number of carbonyl (C=O) groups excluding carboxylic acids is 1. The van der Waals surface area contributed by atoms with Gasteiger partial charge in [-0.15, -0.1) is 11.3 Å². The van der Waals surface area contributed by atoms with Crippen LogP contribution in [0.2, 0.25) is 0 Å². The first-order valence-electron chi connectivity index (χ1n) is 5.62. The Bertz CT molecular complexity index is 678. The standard InChI is InChI=1S/C14H10N2O2S2/c1-2-4-18-14(17)11(7-15)6-12-9-20-13(16-12)10-3-5-19-8-10/h2-3,5-6,8-9H,1,4H2/b11-6-. The highest BCUT2D eigenvalue weighted by atomic mass is 32.1. The number of thiophene rings is 1. The zero-order valence-electron chi connectivity index (χ0n) is 10.4. The van der Waals surface area contributed by atoms with Crippen molar-refractivity contribution < 1.29 is 9.53 Å². The molecule has 0 saturated carbocycles. The predicted octanol–water partition coefficient (Wildman–Crippen LogP) is 3.51. The molecule has 0 atom stereocenters. The number of hydrogen-bond acceptors (Lipinski definition) is 6. The van der Waals surface area contributed by atoms with E-state index in [1.54, 1.807) is 16.7 Å². The van der Waals surface area contributed by atoms with E-state index < -0.39 is 5.97 Å². The van der Waals surface area contributed by atoms with Crippen molar-refractivity contribution in [3.8, 4) is 16.6 Å². The number of nitriles is 1. The van der Waals surface area contributed by atoms with Gasteiger partial charge >= 0.3 is 5.97 Å². The molecule has 0 aliphatic carbocycles. The second-order valence-electron chi connectivity index (χ2n) is 3.65. The van der Waals surface area contributed by atoms with Crippen LogP contribution in [0.5, 0.6) is 0 Å². The van der Waals surface area contributed by atoms with Crippen molar-refractivity contribution in [2.24, 2.45) is 0 Å². The van der Waals surface area contributed by atoms with Gasteiger partial charge < -0.3 is 4.74 Å². The molecule has 0 unspecified atom stereocenters. The maximum atomic E-state index is 11.6. The lowest BCUT2D eigenvalue weighted by atomic mass is 10.2. The molecule has 0 fully saturated rings. The Kier molecular flexibility index (Phi) is 4.82. The third kappa shape index (κ3) is 3.41. The minimum atomic E-state index is -0.669. The van der Waals surface area contributed by atoms with E-state index in [9.17, 15) is 4.79 Å². The third-order valence-electron chi connectivity index (χ3n) is 2.25. The fourth-order valence-electron chi connectivity index (χ4n) is 1.37. The molecule has 0 spiro atoms. The highest BCUT2D eigenvalue weighted by molar-refractivity contribution is 7.14. The SMILES string of the molecule is C=CCOC(=O)/C(C#N)=C\c1csc(-c2ccsc2)n1. The van der Waals surface area contributed by atoms with Crippen molar-refractivity contribution >= 4 is 34.7 Å². The lowest BCUT2D eigenvalue weighted by Crippen LogP contribution is -2.06. The third-order valence-corrected chi connectivity index (χ3v) is 3.85. The normalized spacial score (nSPS) is 10.8. The van der Waals surface area contributed by atoms with Crippen LogP contribution < -0.4 is 0 Å². The Morgan fingerprint density at radius 3 is 3.05 bits per heavy atom. The van der Waals surface area contributed by atoms with Gasteiger partial charge in [0.1, 0.15) is 23.3 Å². The second kappa shape index (κ2) is 6.80. The van der Waals surface area contributed by atoms with E-state index in [-0.39, 0.29) is 12.2 Å². The average Bonchev–Trinajstić information content (AvgIpc) is 3.12. The van der Waals surface area contributed by atoms with Crippen molar-refractivity contribution in [1.29, 1.82) is 5.26 Å². The van der Waals surface area contributed by atoms with Crippen LogP contribution in [0.4, 0.5) is 0 Å². The van der Waals surface area contributed by atoms with E-state index in [1.807, 2.05) is 22.9 Å². The van der Waals surface area contributed by atoms with Crippen LogP contribution in [0.15, 0.2) is 40.4 Å². The summed E-state index contributed by atoms with van der Waals surface area (Å²) in [6.07, 6.45) is 2.88. The fraction of sp³-hybridized carbons (Fsp3) is 0.0714. The zero-order chi connectivity index (χ0) is 14.4. The smallest absolute Gasteiger partial charge is 0.349 e. The number of rotatable bonds is 5. The highest BCUT2D eigenvalue weighted by Crippen LogP contribution is 2.26. The molecule has 100 valence electrons. The molecule has 0 radical (unpaired) electrons. The van der Waals surface area contributed by atoms with Gasteiger partial charge in [0.2, 0.25) is 0 Å². The van der Waals surface area contributed by atoms with E-state index in [0.29, 0.717) is 5.69 Å². The Morgan fingerprint density at radius 2 is 2.40 bits per heavy atom. The first-order valence-corrected chi connectivity index (χ1v) is 7.44. The molecule has 20 heavy (non-hydrogen) atoms. The molecular weight excluding hydrogens is 292 g/mol. The molecule has 0 N–H and O–H groups in total. The van der Waals surface area contributed by atoms with Gasteiger partial charge in [-0.25, -0.2) is 9.78 Å². The maximum Gasteiger partial charge on any atom is 0.349 e. The molecule has 2 heterocycles. The van der Waals surface area contributed by atoms with E-state index in [0.717, 1.165) is 10.6 Å². The molecule has 2 aromatic rings. The lowest BCUT2D eigenvalue weighted by molar-refractivity contribution is -0.137. The average molecular weight is 302 g/mol. The second-order valence-corrected chi connectivity index (χ2v) is 5.28. The molecule has 0 amide bonds. The number of hydrogen-bond donors (Lipinski definition) is 0. The first-order chi connectivity index (χ1) is 9.74. The van der Waals surface area contributed by atoms with Crippen molar-refractivity contribution in [1.82, 2.24) is 4.98 Å². The summed E-state index contributed by atoms with van der Waals surface area (Å²) in [5.41, 5.74) is 1.53. The van der Waals surface area contributed by atoms with Crippen molar-refractivity contribution in [3.05, 3.63) is 46.1 Å². The van der Waals surface area contributed by atoms with Gasteiger partial charge in [0.05, 0.1) is 5.69 Å². The van der Waals surface area contributed by atoms with E-state index in [4.69, 9.17) is 10.00 Å². The fourth-order valence-corrected chi connectivity index (χ4v) is 2.86. The van der Waals surface area contributed by atoms with Crippen LogP contribution in [0.3, 0.4) is 0 Å². The van der Waals surface area contributed by atoms with Crippen LogP contribution in [-0.4, -0.2) is 17.6 Å². The van der Waals surface area contributed by atoms with Crippen molar-refractivity contribution in [3.63, 3.8) is 0 Å². The Balaban J connectivity index is 2.19. The van der Waals surface area contributed by atoms with Gasteiger partial charge in [-0.1, -0.05) is 12.7 Å². The summed E-state index contributed by atoms with van der Waals surface area (Å²) >= 11 is 3.05. The van der Waals surface area contributed by atoms with Crippen LogP contribution >= 0.6 is 22.7 Å². The van der Waals surface area contributed by atoms with Crippen molar-refractivity contribution in [2.45, 2.75) is 0 Å². The summed E-state index contributed by atoms with van der Waals surface area (Å²) in [4.78, 5) is 16.0. The van der Waals surface area contributed by atoms with Gasteiger partial charge in [-0.3, -0.25) is 0 Å². The summed E-state index contributed by atoms with van der Waals surface area (Å²) in [6.45, 7) is 3.52. The summed E-state index contributed by atoms with van der Waals surface area (Å²) in [5.74, 6) is -0.669. The Labute approximate surface area is 124 Å². The van der Waals surface area contributed by atoms with E-state index >= 15 is 0 Å². The van der Waals surface area contributed by atoms with E-state index in [2.05, 4.69) is 11.6 Å². The summed E-state index contributed by atoms with van der Waals surface area (Å²) in [5, 5.41) is 15.6. The largest absolute Gasteiger partial charge is 0.457 e.